The zero-order valence-electron chi connectivity index (χ0n) is 14.8. The largest absolute Gasteiger partial charge is 0.494 e. The van der Waals surface area contributed by atoms with Gasteiger partial charge in [-0.15, -0.1) is 0 Å². The van der Waals surface area contributed by atoms with Gasteiger partial charge in [0.1, 0.15) is 11.5 Å². The summed E-state index contributed by atoms with van der Waals surface area (Å²) >= 11 is 0. The summed E-state index contributed by atoms with van der Waals surface area (Å²) < 4.78 is 15.1. The first-order chi connectivity index (χ1) is 13.1. The molecular formula is C19H20N2O6. The molecule has 0 aliphatic heterocycles. The highest BCUT2D eigenvalue weighted by Gasteiger charge is 2.10. The Kier molecular flexibility index (Phi) is 7.65. The lowest BCUT2D eigenvalue weighted by molar-refractivity contribution is -0.143. The molecule has 2 rings (SSSR count). The monoisotopic (exact) mass is 372 g/mol. The van der Waals surface area contributed by atoms with E-state index in [1.165, 1.54) is 12.3 Å². The molecule has 8 heteroatoms. The molecule has 142 valence electrons. The van der Waals surface area contributed by atoms with E-state index in [1.54, 1.807) is 42.5 Å². The van der Waals surface area contributed by atoms with E-state index >= 15 is 0 Å². The van der Waals surface area contributed by atoms with Gasteiger partial charge in [-0.25, -0.2) is 9.59 Å². The molecule has 0 atom stereocenters. The molecule has 0 aliphatic rings. The molecule has 0 radical (unpaired) electrons. The van der Waals surface area contributed by atoms with Crippen molar-refractivity contribution in [2.45, 2.75) is 13.5 Å². The maximum atomic E-state index is 11.6. The van der Waals surface area contributed by atoms with Crippen LogP contribution >= 0.6 is 0 Å². The van der Waals surface area contributed by atoms with Gasteiger partial charge in [0.05, 0.1) is 19.4 Å². The van der Waals surface area contributed by atoms with Crippen LogP contribution in [-0.2, 0) is 20.9 Å². The number of benzene rings is 1. The number of carbonyl (C=O) groups excluding carboxylic acids is 3. The fourth-order valence-corrected chi connectivity index (χ4v) is 1.98. The molecule has 8 nitrogen and oxygen atoms in total. The van der Waals surface area contributed by atoms with Crippen molar-refractivity contribution in [2.75, 3.05) is 13.2 Å². The van der Waals surface area contributed by atoms with Crippen LogP contribution in [0.2, 0.25) is 0 Å². The third-order valence-corrected chi connectivity index (χ3v) is 3.20. The Morgan fingerprint density at radius 1 is 1.15 bits per heavy atom. The molecule has 0 unspecified atom stereocenters. The number of hydrogen-bond acceptors (Lipinski definition) is 6. The highest BCUT2D eigenvalue weighted by atomic mass is 16.5. The maximum Gasteiger partial charge on any atom is 0.331 e. The van der Waals surface area contributed by atoms with Gasteiger partial charge in [0.25, 0.3) is 5.91 Å². The first-order valence-electron chi connectivity index (χ1n) is 8.24. The van der Waals surface area contributed by atoms with Crippen LogP contribution in [0.15, 0.2) is 53.2 Å². The van der Waals surface area contributed by atoms with E-state index in [9.17, 15) is 14.4 Å². The Bertz CT molecular complexity index is 781. The van der Waals surface area contributed by atoms with Crippen LogP contribution in [0.3, 0.4) is 0 Å². The number of furan rings is 1. The fourth-order valence-electron chi connectivity index (χ4n) is 1.98. The van der Waals surface area contributed by atoms with Crippen LogP contribution in [0.25, 0.3) is 6.08 Å². The van der Waals surface area contributed by atoms with Gasteiger partial charge >= 0.3 is 12.0 Å². The lowest BCUT2D eigenvalue weighted by Crippen LogP contribution is -2.41. The zero-order valence-corrected chi connectivity index (χ0v) is 14.8. The SMILES string of the molecule is CCOc1ccc(C=CC(=O)OCC(=O)NC(=O)NCc2ccco2)cc1. The summed E-state index contributed by atoms with van der Waals surface area (Å²) in [6.07, 6.45) is 4.21. The van der Waals surface area contributed by atoms with Crippen LogP contribution in [0.4, 0.5) is 4.79 Å². The quantitative estimate of drug-likeness (QED) is 0.544. The van der Waals surface area contributed by atoms with E-state index in [4.69, 9.17) is 13.9 Å². The second kappa shape index (κ2) is 10.4. The van der Waals surface area contributed by atoms with Crippen molar-refractivity contribution in [3.8, 4) is 5.75 Å². The predicted molar refractivity (Wildman–Crippen MR) is 96.7 cm³/mol. The Labute approximate surface area is 156 Å². The number of rotatable bonds is 8. The summed E-state index contributed by atoms with van der Waals surface area (Å²) in [5.74, 6) is -0.160. The average Bonchev–Trinajstić information content (AvgIpc) is 3.18. The summed E-state index contributed by atoms with van der Waals surface area (Å²) in [6.45, 7) is 2.03. The number of amides is 3. The van der Waals surface area contributed by atoms with E-state index in [-0.39, 0.29) is 6.54 Å². The van der Waals surface area contributed by atoms with Crippen LogP contribution in [0.5, 0.6) is 5.75 Å². The predicted octanol–water partition coefficient (Wildman–Crippen LogP) is 2.26. The summed E-state index contributed by atoms with van der Waals surface area (Å²) in [6, 6.07) is 9.78. The molecule has 27 heavy (non-hydrogen) atoms. The average molecular weight is 372 g/mol. The maximum absolute atomic E-state index is 11.6. The summed E-state index contributed by atoms with van der Waals surface area (Å²) in [7, 11) is 0. The van der Waals surface area contributed by atoms with Crippen LogP contribution in [0.1, 0.15) is 18.2 Å². The Morgan fingerprint density at radius 3 is 2.59 bits per heavy atom. The van der Waals surface area contributed by atoms with Crippen LogP contribution < -0.4 is 15.4 Å². The van der Waals surface area contributed by atoms with Gasteiger partial charge < -0.3 is 19.2 Å². The smallest absolute Gasteiger partial charge is 0.331 e. The highest BCUT2D eigenvalue weighted by Crippen LogP contribution is 2.13. The van der Waals surface area contributed by atoms with Gasteiger partial charge in [-0.2, -0.15) is 0 Å². The summed E-state index contributed by atoms with van der Waals surface area (Å²) in [5, 5.41) is 4.48. The number of carbonyl (C=O) groups is 3. The van der Waals surface area contributed by atoms with Crippen molar-refractivity contribution < 1.29 is 28.3 Å². The molecule has 3 amide bonds. The Balaban J connectivity index is 1.67. The minimum absolute atomic E-state index is 0.136. The number of nitrogens with one attached hydrogen (secondary N) is 2. The number of imide groups is 1. The van der Waals surface area contributed by atoms with Gasteiger partial charge in [0.15, 0.2) is 6.61 Å². The normalized spacial score (nSPS) is 10.4. The molecular weight excluding hydrogens is 352 g/mol. The molecule has 1 aromatic carbocycles. The van der Waals surface area contributed by atoms with Crippen molar-refractivity contribution in [1.82, 2.24) is 10.6 Å². The number of ether oxygens (including phenoxy) is 2. The zero-order chi connectivity index (χ0) is 19.5. The second-order valence-corrected chi connectivity index (χ2v) is 5.25. The first kappa shape index (κ1) is 19.8. The van der Waals surface area contributed by atoms with Crippen molar-refractivity contribution in [3.63, 3.8) is 0 Å². The number of urea groups is 1. The molecule has 0 aliphatic carbocycles. The van der Waals surface area contributed by atoms with Gasteiger partial charge in [-0.05, 0) is 42.8 Å². The molecule has 2 aromatic rings. The lowest BCUT2D eigenvalue weighted by atomic mass is 10.2. The van der Waals surface area contributed by atoms with Gasteiger partial charge in [-0.3, -0.25) is 10.1 Å². The van der Waals surface area contributed by atoms with Crippen molar-refractivity contribution in [3.05, 3.63) is 60.1 Å². The van der Waals surface area contributed by atoms with E-state index < -0.39 is 24.5 Å². The van der Waals surface area contributed by atoms with Gasteiger partial charge in [0.2, 0.25) is 0 Å². The van der Waals surface area contributed by atoms with Crippen LogP contribution in [0, 0.1) is 0 Å². The van der Waals surface area contributed by atoms with Gasteiger partial charge in [0, 0.05) is 6.08 Å². The first-order valence-corrected chi connectivity index (χ1v) is 8.24. The van der Waals surface area contributed by atoms with E-state index in [2.05, 4.69) is 5.32 Å². The summed E-state index contributed by atoms with van der Waals surface area (Å²) in [5.41, 5.74) is 0.775. The third-order valence-electron chi connectivity index (χ3n) is 3.20. The number of esters is 1. The molecule has 2 N–H and O–H groups in total. The molecule has 0 spiro atoms. The lowest BCUT2D eigenvalue weighted by Gasteiger charge is -2.05. The second-order valence-electron chi connectivity index (χ2n) is 5.25. The fraction of sp³-hybridized carbons (Fsp3) is 0.211. The van der Waals surface area contributed by atoms with Crippen molar-refractivity contribution in [1.29, 1.82) is 0 Å². The molecule has 0 fully saturated rings. The Hall–Kier alpha value is -3.55. The third kappa shape index (κ3) is 7.47. The summed E-state index contributed by atoms with van der Waals surface area (Å²) in [4.78, 5) is 34.7. The standard InChI is InChI=1S/C19H20N2O6/c1-2-25-15-8-5-14(6-9-15)7-10-18(23)27-13-17(22)21-19(24)20-12-16-4-3-11-26-16/h3-11H,2,12-13H2,1H3,(H2,20,21,22,24). The van der Waals surface area contributed by atoms with E-state index in [1.807, 2.05) is 12.2 Å². The van der Waals surface area contributed by atoms with Crippen molar-refractivity contribution >= 4 is 24.0 Å². The molecule has 0 bridgehead atoms. The number of hydrogen-bond donors (Lipinski definition) is 2. The topological polar surface area (TPSA) is 107 Å². The highest BCUT2D eigenvalue weighted by molar-refractivity contribution is 5.96. The molecule has 0 saturated carbocycles. The Morgan fingerprint density at radius 2 is 1.93 bits per heavy atom. The van der Waals surface area contributed by atoms with Crippen molar-refractivity contribution in [2.24, 2.45) is 0 Å². The van der Waals surface area contributed by atoms with Gasteiger partial charge in [-0.1, -0.05) is 12.1 Å². The molecule has 1 aromatic heterocycles. The molecule has 1 heterocycles. The minimum atomic E-state index is -0.741. The minimum Gasteiger partial charge on any atom is -0.494 e. The molecule has 0 saturated heterocycles. The van der Waals surface area contributed by atoms with E-state index in [0.29, 0.717) is 12.4 Å². The van der Waals surface area contributed by atoms with E-state index in [0.717, 1.165) is 11.3 Å². The van der Waals surface area contributed by atoms with Crippen LogP contribution in [-0.4, -0.2) is 31.1 Å².